The Morgan fingerprint density at radius 3 is 2.50 bits per heavy atom. The van der Waals surface area contributed by atoms with Gasteiger partial charge in [-0.25, -0.2) is 0 Å². The van der Waals surface area contributed by atoms with E-state index in [4.69, 9.17) is 10.5 Å². The normalized spacial score (nSPS) is 14.6. The van der Waals surface area contributed by atoms with Crippen LogP contribution < -0.4 is 5.73 Å². The van der Waals surface area contributed by atoms with E-state index in [0.29, 0.717) is 26.1 Å². The maximum absolute atomic E-state index is 12.0. The van der Waals surface area contributed by atoms with Crippen LogP contribution in [0.25, 0.3) is 0 Å². The van der Waals surface area contributed by atoms with Gasteiger partial charge >= 0.3 is 0 Å². The predicted molar refractivity (Wildman–Crippen MR) is 66.2 cm³/mol. The summed E-state index contributed by atoms with van der Waals surface area (Å²) in [5.41, 5.74) is 5.53. The predicted octanol–water partition coefficient (Wildman–Crippen LogP) is 1.24. The third-order valence-electron chi connectivity index (χ3n) is 2.90. The van der Waals surface area contributed by atoms with Crippen LogP contribution in [0.3, 0.4) is 0 Å². The Morgan fingerprint density at radius 2 is 2.06 bits per heavy atom. The van der Waals surface area contributed by atoms with Gasteiger partial charge in [-0.15, -0.1) is 0 Å². The van der Waals surface area contributed by atoms with E-state index < -0.39 is 0 Å². The van der Waals surface area contributed by atoms with Gasteiger partial charge in [-0.05, 0) is 25.8 Å². The minimum atomic E-state index is 0.185. The van der Waals surface area contributed by atoms with Gasteiger partial charge in [0.05, 0.1) is 6.61 Å². The van der Waals surface area contributed by atoms with E-state index >= 15 is 0 Å². The Bertz CT molecular complexity index is 197. The van der Waals surface area contributed by atoms with Crippen molar-refractivity contribution in [2.24, 2.45) is 11.7 Å². The van der Waals surface area contributed by atoms with Crippen molar-refractivity contribution in [3.8, 4) is 0 Å². The molecular weight excluding hydrogens is 204 g/mol. The molecule has 0 aliphatic heterocycles. The molecule has 0 saturated heterocycles. The van der Waals surface area contributed by atoms with Crippen LogP contribution in [0, 0.1) is 5.92 Å². The van der Waals surface area contributed by atoms with Gasteiger partial charge in [0.1, 0.15) is 0 Å². The molecule has 4 nitrogen and oxygen atoms in total. The number of hydrogen-bond acceptors (Lipinski definition) is 3. The molecule has 2 atom stereocenters. The van der Waals surface area contributed by atoms with E-state index in [1.165, 1.54) is 0 Å². The van der Waals surface area contributed by atoms with Crippen LogP contribution in [0.1, 0.15) is 33.6 Å². The molecule has 0 radical (unpaired) electrons. The maximum Gasteiger partial charge on any atom is 0.223 e. The molecule has 4 heteroatoms. The molecule has 2 N–H and O–H groups in total. The lowest BCUT2D eigenvalue weighted by atomic mass is 10.1. The average molecular weight is 230 g/mol. The lowest BCUT2D eigenvalue weighted by Crippen LogP contribution is -2.41. The van der Waals surface area contributed by atoms with Crippen LogP contribution in [0.2, 0.25) is 0 Å². The molecule has 0 heterocycles. The summed E-state index contributed by atoms with van der Waals surface area (Å²) in [6.45, 7) is 7.98. The quantitative estimate of drug-likeness (QED) is 0.682. The number of amides is 1. The zero-order chi connectivity index (χ0) is 12.6. The Labute approximate surface area is 99.1 Å². The van der Waals surface area contributed by atoms with Gasteiger partial charge in [-0.1, -0.05) is 13.8 Å². The van der Waals surface area contributed by atoms with Crippen molar-refractivity contribution in [3.63, 3.8) is 0 Å². The summed E-state index contributed by atoms with van der Waals surface area (Å²) in [6.07, 6.45) is 1.50. The fraction of sp³-hybridized carbons (Fsp3) is 0.917. The van der Waals surface area contributed by atoms with Crippen LogP contribution in [0.15, 0.2) is 0 Å². The highest BCUT2D eigenvalue weighted by Gasteiger charge is 2.19. The minimum absolute atomic E-state index is 0.185. The number of rotatable bonds is 8. The highest BCUT2D eigenvalue weighted by Crippen LogP contribution is 2.09. The maximum atomic E-state index is 12.0. The average Bonchev–Trinajstić information content (AvgIpc) is 2.28. The van der Waals surface area contributed by atoms with Crippen LogP contribution in [0.5, 0.6) is 0 Å². The lowest BCUT2D eigenvalue weighted by Gasteiger charge is -2.29. The number of nitrogens with zero attached hydrogens (tertiary/aromatic N) is 1. The summed E-state index contributed by atoms with van der Waals surface area (Å²) in [4.78, 5) is 13.9. The van der Waals surface area contributed by atoms with E-state index in [-0.39, 0.29) is 17.9 Å². The van der Waals surface area contributed by atoms with E-state index in [0.717, 1.165) is 6.42 Å². The monoisotopic (exact) mass is 230 g/mol. The van der Waals surface area contributed by atoms with Crippen molar-refractivity contribution < 1.29 is 9.53 Å². The highest BCUT2D eigenvalue weighted by molar-refractivity contribution is 5.76. The summed E-state index contributed by atoms with van der Waals surface area (Å²) in [7, 11) is 1.65. The molecule has 0 aliphatic rings. The van der Waals surface area contributed by atoms with Crippen molar-refractivity contribution >= 4 is 5.91 Å². The van der Waals surface area contributed by atoms with Crippen LogP contribution >= 0.6 is 0 Å². The molecular formula is C12H26N2O2. The van der Waals surface area contributed by atoms with Crippen molar-refractivity contribution in [2.45, 2.75) is 39.7 Å². The zero-order valence-electron chi connectivity index (χ0n) is 11.0. The van der Waals surface area contributed by atoms with E-state index in [2.05, 4.69) is 13.8 Å². The molecule has 0 aromatic carbocycles. The summed E-state index contributed by atoms with van der Waals surface area (Å²) >= 11 is 0. The summed E-state index contributed by atoms with van der Waals surface area (Å²) in [5, 5.41) is 0. The summed E-state index contributed by atoms with van der Waals surface area (Å²) in [5.74, 6) is 0.436. The van der Waals surface area contributed by atoms with Crippen LogP contribution in [0.4, 0.5) is 0 Å². The van der Waals surface area contributed by atoms with Crippen LogP contribution in [-0.2, 0) is 9.53 Å². The SMILES string of the molecule is CCC(C)N(CCOC)C(=O)CC(C)CN. The third-order valence-corrected chi connectivity index (χ3v) is 2.90. The smallest absolute Gasteiger partial charge is 0.223 e. The fourth-order valence-corrected chi connectivity index (χ4v) is 1.50. The minimum Gasteiger partial charge on any atom is -0.383 e. The molecule has 2 unspecified atom stereocenters. The Kier molecular flexibility index (Phi) is 8.21. The first-order valence-electron chi connectivity index (χ1n) is 6.05. The summed E-state index contributed by atoms with van der Waals surface area (Å²) in [6, 6.07) is 0.271. The number of carbonyl (C=O) groups excluding carboxylic acids is 1. The van der Waals surface area contributed by atoms with Crippen LogP contribution in [-0.4, -0.2) is 43.7 Å². The first-order valence-corrected chi connectivity index (χ1v) is 6.05. The molecule has 0 aliphatic carbocycles. The second-order valence-electron chi connectivity index (χ2n) is 4.38. The van der Waals surface area contributed by atoms with E-state index in [9.17, 15) is 4.79 Å². The number of ether oxygens (including phenoxy) is 1. The topological polar surface area (TPSA) is 55.6 Å². The van der Waals surface area contributed by atoms with Gasteiger partial charge < -0.3 is 15.4 Å². The van der Waals surface area contributed by atoms with Crippen molar-refractivity contribution in [3.05, 3.63) is 0 Å². The third kappa shape index (κ3) is 5.47. The second kappa shape index (κ2) is 8.53. The fourth-order valence-electron chi connectivity index (χ4n) is 1.50. The van der Waals surface area contributed by atoms with E-state index in [1.54, 1.807) is 7.11 Å². The van der Waals surface area contributed by atoms with Crippen molar-refractivity contribution in [2.75, 3.05) is 26.8 Å². The molecule has 0 rings (SSSR count). The largest absolute Gasteiger partial charge is 0.383 e. The number of carbonyl (C=O) groups is 1. The number of methoxy groups -OCH3 is 1. The Morgan fingerprint density at radius 1 is 1.44 bits per heavy atom. The Hall–Kier alpha value is -0.610. The molecule has 0 saturated carbocycles. The first kappa shape index (κ1) is 15.4. The Balaban J connectivity index is 4.31. The zero-order valence-corrected chi connectivity index (χ0v) is 11.0. The van der Waals surface area contributed by atoms with Gasteiger partial charge in [0.2, 0.25) is 5.91 Å². The first-order chi connectivity index (χ1) is 7.56. The second-order valence-corrected chi connectivity index (χ2v) is 4.38. The van der Waals surface area contributed by atoms with Gasteiger partial charge in [0, 0.05) is 26.1 Å². The molecule has 0 aromatic rings. The lowest BCUT2D eigenvalue weighted by molar-refractivity contribution is -0.134. The highest BCUT2D eigenvalue weighted by atomic mass is 16.5. The van der Waals surface area contributed by atoms with Gasteiger partial charge in [-0.2, -0.15) is 0 Å². The molecule has 0 fully saturated rings. The van der Waals surface area contributed by atoms with Crippen molar-refractivity contribution in [1.82, 2.24) is 4.90 Å². The van der Waals surface area contributed by atoms with Gasteiger partial charge in [0.15, 0.2) is 0 Å². The molecule has 16 heavy (non-hydrogen) atoms. The summed E-state index contributed by atoms with van der Waals surface area (Å²) < 4.78 is 5.03. The molecule has 0 aromatic heterocycles. The standard InChI is InChI=1S/C12H26N2O2/c1-5-11(3)14(6-7-16-4)12(15)8-10(2)9-13/h10-11H,5-9,13H2,1-4H3. The molecule has 0 bridgehead atoms. The molecule has 0 spiro atoms. The molecule has 1 amide bonds. The van der Waals surface area contributed by atoms with E-state index in [1.807, 2.05) is 11.8 Å². The van der Waals surface area contributed by atoms with Crippen molar-refractivity contribution in [1.29, 1.82) is 0 Å². The molecule has 96 valence electrons. The number of nitrogens with two attached hydrogens (primary N) is 1. The van der Waals surface area contributed by atoms with Gasteiger partial charge in [-0.3, -0.25) is 4.79 Å². The van der Waals surface area contributed by atoms with Gasteiger partial charge in [0.25, 0.3) is 0 Å². The number of hydrogen-bond donors (Lipinski definition) is 1.